The average molecular weight is 282 g/mol. The van der Waals surface area contributed by atoms with Crippen molar-refractivity contribution in [3.63, 3.8) is 0 Å². The van der Waals surface area contributed by atoms with Crippen molar-refractivity contribution in [2.75, 3.05) is 0 Å². The van der Waals surface area contributed by atoms with Crippen LogP contribution in [0.3, 0.4) is 0 Å². The number of unbranched alkanes of at least 4 members (excludes halogenated alkanes) is 1. The van der Waals surface area contributed by atoms with Crippen LogP contribution in [0, 0.1) is 0 Å². The van der Waals surface area contributed by atoms with Crippen molar-refractivity contribution in [2.45, 2.75) is 32.4 Å². The molecule has 0 bridgehead atoms. The Labute approximate surface area is 143 Å². The molecule has 1 aliphatic heterocycles. The molecule has 0 spiro atoms. The van der Waals surface area contributed by atoms with Crippen LogP contribution in [-0.4, -0.2) is 4.57 Å². The first-order chi connectivity index (χ1) is 10.4. The minimum atomic E-state index is 0. The average Bonchev–Trinajstić information content (AvgIpc) is 2.92. The fourth-order valence-electron chi connectivity index (χ4n) is 3.31. The first kappa shape index (κ1) is 15.3. The van der Waals surface area contributed by atoms with Gasteiger partial charge in [-0.1, -0.05) is 62.2 Å². The molecule has 1 aliphatic rings. The molecule has 0 radical (unpaired) electrons. The number of rotatable bonds is 3. The molecule has 2 nitrogen and oxygen atoms in total. The Hall–Kier alpha value is -1.62. The van der Waals surface area contributed by atoms with Crippen LogP contribution >= 0.6 is 0 Å². The second kappa shape index (κ2) is 6.24. The number of nitrogens with zero attached hydrogens (tertiary/aromatic N) is 2. The third kappa shape index (κ3) is 2.37. The monoisotopic (exact) mass is 282 g/mol. The Morgan fingerprint density at radius 3 is 2.68 bits per heavy atom. The van der Waals surface area contributed by atoms with E-state index in [-0.39, 0.29) is 25.0 Å². The zero-order valence-corrected chi connectivity index (χ0v) is 13.3. The van der Waals surface area contributed by atoms with E-state index >= 15 is 0 Å². The Bertz CT molecular complexity index is 791. The van der Waals surface area contributed by atoms with E-state index in [1.54, 1.807) is 0 Å². The second-order valence-corrected chi connectivity index (χ2v) is 5.73. The zero-order chi connectivity index (χ0) is 14.2. The van der Waals surface area contributed by atoms with Crippen molar-refractivity contribution < 1.29 is 18.9 Å². The van der Waals surface area contributed by atoms with Gasteiger partial charge in [0, 0.05) is 16.6 Å². The summed E-state index contributed by atoms with van der Waals surface area (Å²) in [6, 6.07) is 19.4. The third-order valence-corrected chi connectivity index (χ3v) is 4.33. The minimum Gasteiger partial charge on any atom is -0.664 e. The topological polar surface area (TPSA) is 19.0 Å². The molecule has 1 unspecified atom stereocenters. The van der Waals surface area contributed by atoms with E-state index in [9.17, 15) is 0 Å². The molecule has 106 valence electrons. The van der Waals surface area contributed by atoms with E-state index in [4.69, 9.17) is 5.32 Å². The van der Waals surface area contributed by atoms with E-state index < -0.39 is 0 Å². The third-order valence-electron chi connectivity index (χ3n) is 4.33. The molecule has 2 aromatic carbocycles. The van der Waals surface area contributed by atoms with Crippen LogP contribution in [0.15, 0.2) is 54.6 Å². The molecule has 0 saturated carbocycles. The van der Waals surface area contributed by atoms with Crippen molar-refractivity contribution in [3.05, 3.63) is 59.9 Å². The molecule has 0 saturated heterocycles. The van der Waals surface area contributed by atoms with E-state index in [2.05, 4.69) is 66.1 Å². The molecule has 0 aliphatic carbocycles. The summed E-state index contributed by atoms with van der Waals surface area (Å²) in [6.45, 7) is 2.24. The van der Waals surface area contributed by atoms with Gasteiger partial charge in [-0.05, 0) is 30.3 Å². The standard InChI is InChI=1S/C19H19N2.Li/c1-2-3-12-19-20-16-10-6-5-9-15(16)18-13-14-8-4-7-11-17(14)21(18)19;/h4-11,13,19H,2-3,12H2,1H3;/q-1;+1. The van der Waals surface area contributed by atoms with Crippen LogP contribution in [0.1, 0.15) is 32.4 Å². The van der Waals surface area contributed by atoms with Gasteiger partial charge in [-0.3, -0.25) is 0 Å². The quantitative estimate of drug-likeness (QED) is 0.658. The second-order valence-electron chi connectivity index (χ2n) is 5.73. The van der Waals surface area contributed by atoms with Gasteiger partial charge in [0.2, 0.25) is 0 Å². The van der Waals surface area contributed by atoms with Crippen molar-refractivity contribution in [1.29, 1.82) is 0 Å². The van der Waals surface area contributed by atoms with Crippen LogP contribution in [0.25, 0.3) is 27.5 Å². The van der Waals surface area contributed by atoms with Crippen molar-refractivity contribution >= 4 is 16.6 Å². The molecule has 0 N–H and O–H groups in total. The summed E-state index contributed by atoms with van der Waals surface area (Å²) in [5.74, 6) is 0. The van der Waals surface area contributed by atoms with Crippen molar-refractivity contribution in [1.82, 2.24) is 4.57 Å². The van der Waals surface area contributed by atoms with E-state index in [1.165, 1.54) is 35.0 Å². The molecule has 3 heteroatoms. The predicted octanol–water partition coefficient (Wildman–Crippen LogP) is 3.02. The first-order valence-electron chi connectivity index (χ1n) is 7.78. The summed E-state index contributed by atoms with van der Waals surface area (Å²) in [7, 11) is 0. The molecule has 1 atom stereocenters. The summed E-state index contributed by atoms with van der Waals surface area (Å²) in [5, 5.41) is 6.32. The number of hydrogen-bond acceptors (Lipinski definition) is 0. The van der Waals surface area contributed by atoms with Crippen LogP contribution in [-0.2, 0) is 0 Å². The molecule has 0 amide bonds. The van der Waals surface area contributed by atoms with Gasteiger partial charge in [-0.2, -0.15) is 0 Å². The fourth-order valence-corrected chi connectivity index (χ4v) is 3.31. The van der Waals surface area contributed by atoms with Gasteiger partial charge in [-0.25, -0.2) is 0 Å². The number of aromatic nitrogens is 1. The molecule has 2 heterocycles. The number of fused-ring (bicyclic) bond motifs is 5. The molecule has 3 aromatic rings. The van der Waals surface area contributed by atoms with Gasteiger partial charge < -0.3 is 9.88 Å². The van der Waals surface area contributed by atoms with Gasteiger partial charge in [-0.15, -0.1) is 5.69 Å². The Morgan fingerprint density at radius 1 is 1.05 bits per heavy atom. The van der Waals surface area contributed by atoms with Crippen LogP contribution in [0.2, 0.25) is 0 Å². The van der Waals surface area contributed by atoms with Gasteiger partial charge in [0.1, 0.15) is 0 Å². The van der Waals surface area contributed by atoms with Gasteiger partial charge in [0.25, 0.3) is 0 Å². The maximum Gasteiger partial charge on any atom is 1.00 e. The van der Waals surface area contributed by atoms with E-state index in [0.29, 0.717) is 0 Å². The number of para-hydroxylation sites is 2. The Morgan fingerprint density at radius 2 is 1.82 bits per heavy atom. The molecule has 0 fully saturated rings. The largest absolute Gasteiger partial charge is 1.00 e. The molecule has 1 aromatic heterocycles. The van der Waals surface area contributed by atoms with Gasteiger partial charge in [0.05, 0.1) is 0 Å². The maximum atomic E-state index is 5.01. The number of benzene rings is 2. The molecule has 22 heavy (non-hydrogen) atoms. The fraction of sp³-hybridized carbons (Fsp3) is 0.263. The molecular formula is C19H19LiN2. The summed E-state index contributed by atoms with van der Waals surface area (Å²) >= 11 is 0. The van der Waals surface area contributed by atoms with Crippen LogP contribution < -0.4 is 18.9 Å². The zero-order valence-electron chi connectivity index (χ0n) is 13.3. The van der Waals surface area contributed by atoms with Crippen LogP contribution in [0.5, 0.6) is 0 Å². The maximum absolute atomic E-state index is 5.01. The SMILES string of the molecule is CCCCC1[N-]c2ccccc2-c2cc3ccccc3n21.[Li+]. The Kier molecular flexibility index (Phi) is 4.34. The smallest absolute Gasteiger partial charge is 0.664 e. The normalized spacial score (nSPS) is 15.6. The summed E-state index contributed by atoms with van der Waals surface area (Å²) in [6.07, 6.45) is 3.76. The van der Waals surface area contributed by atoms with Crippen molar-refractivity contribution in [3.8, 4) is 11.3 Å². The van der Waals surface area contributed by atoms with Gasteiger partial charge >= 0.3 is 18.9 Å². The number of hydrogen-bond donors (Lipinski definition) is 0. The Balaban J connectivity index is 0.00000144. The summed E-state index contributed by atoms with van der Waals surface area (Å²) in [4.78, 5) is 0. The van der Waals surface area contributed by atoms with E-state index in [0.717, 1.165) is 12.1 Å². The molecular weight excluding hydrogens is 263 g/mol. The van der Waals surface area contributed by atoms with Crippen LogP contribution in [0.4, 0.5) is 5.69 Å². The minimum absolute atomic E-state index is 0. The first-order valence-corrected chi connectivity index (χ1v) is 7.78. The molecule has 4 rings (SSSR count). The van der Waals surface area contributed by atoms with Gasteiger partial charge in [0.15, 0.2) is 0 Å². The summed E-state index contributed by atoms with van der Waals surface area (Å²) in [5.41, 5.74) is 4.99. The van der Waals surface area contributed by atoms with Crippen molar-refractivity contribution in [2.24, 2.45) is 0 Å². The summed E-state index contributed by atoms with van der Waals surface area (Å²) < 4.78 is 2.42. The predicted molar refractivity (Wildman–Crippen MR) is 89.0 cm³/mol. The van der Waals surface area contributed by atoms with E-state index in [1.807, 2.05) is 0 Å².